The van der Waals surface area contributed by atoms with E-state index in [2.05, 4.69) is 9.47 Å². The summed E-state index contributed by atoms with van der Waals surface area (Å²) in [4.78, 5) is 22.4. The molecule has 0 heterocycles. The second kappa shape index (κ2) is 13.8. The van der Waals surface area contributed by atoms with E-state index in [1.807, 2.05) is 48.5 Å². The molecule has 0 amide bonds. The molecule has 4 rings (SSSR count). The van der Waals surface area contributed by atoms with Gasteiger partial charge in [-0.2, -0.15) is 0 Å². The molecule has 2 N–H and O–H groups in total. The molecule has 0 bridgehead atoms. The van der Waals surface area contributed by atoms with Crippen LogP contribution in [-0.4, -0.2) is 61.8 Å². The lowest BCUT2D eigenvalue weighted by atomic mass is 10.1. The predicted octanol–water partition coefficient (Wildman–Crippen LogP) is 3.10. The summed E-state index contributed by atoms with van der Waals surface area (Å²) < 4.78 is 20.4. The molecule has 8 nitrogen and oxygen atoms in total. The second-order valence-electron chi connectivity index (χ2n) is 9.21. The van der Waals surface area contributed by atoms with Gasteiger partial charge in [-0.1, -0.05) is 36.4 Å². The number of aliphatic hydroxyl groups is 2. The minimum absolute atomic E-state index is 0.216. The number of rotatable bonds is 12. The number of hydrogen-bond donors (Lipinski definition) is 2. The Bertz CT molecular complexity index is 904. The topological polar surface area (TPSA) is 112 Å². The van der Waals surface area contributed by atoms with Crippen LogP contribution in [0.1, 0.15) is 36.8 Å². The monoisotopic (exact) mass is 500 g/mol. The van der Waals surface area contributed by atoms with Crippen molar-refractivity contribution in [3.8, 4) is 11.5 Å². The lowest BCUT2D eigenvalue weighted by Gasteiger charge is -2.13. The maximum atomic E-state index is 11.2. The van der Waals surface area contributed by atoms with Crippen LogP contribution in [0.25, 0.3) is 0 Å². The summed E-state index contributed by atoms with van der Waals surface area (Å²) in [6, 6.07) is 14.9. The van der Waals surface area contributed by atoms with Crippen molar-refractivity contribution in [2.75, 3.05) is 27.4 Å². The molecule has 2 aliphatic carbocycles. The Morgan fingerprint density at radius 3 is 1.42 bits per heavy atom. The minimum atomic E-state index is -1.14. The van der Waals surface area contributed by atoms with Gasteiger partial charge >= 0.3 is 11.9 Å². The number of methoxy groups -OCH3 is 2. The third-order valence-electron chi connectivity index (χ3n) is 6.06. The quantitative estimate of drug-likeness (QED) is 0.428. The highest BCUT2D eigenvalue weighted by Gasteiger charge is 2.24. The molecule has 2 fully saturated rings. The average molecular weight is 501 g/mol. The zero-order valence-corrected chi connectivity index (χ0v) is 20.9. The maximum Gasteiger partial charge on any atom is 0.335 e. The summed E-state index contributed by atoms with van der Waals surface area (Å²) in [6.07, 6.45) is 3.07. The molecule has 2 atom stereocenters. The molecule has 0 saturated heterocycles. The van der Waals surface area contributed by atoms with Crippen LogP contribution < -0.4 is 9.47 Å². The fourth-order valence-corrected chi connectivity index (χ4v) is 3.47. The van der Waals surface area contributed by atoms with Gasteiger partial charge in [-0.3, -0.25) is 0 Å². The minimum Gasteiger partial charge on any atom is -0.493 e. The van der Waals surface area contributed by atoms with E-state index in [0.29, 0.717) is 25.0 Å². The third kappa shape index (κ3) is 9.17. The van der Waals surface area contributed by atoms with Crippen molar-refractivity contribution in [1.29, 1.82) is 0 Å². The zero-order valence-electron chi connectivity index (χ0n) is 20.9. The van der Waals surface area contributed by atoms with Gasteiger partial charge in [0, 0.05) is 12.8 Å². The van der Waals surface area contributed by atoms with E-state index in [0.717, 1.165) is 22.6 Å². The molecule has 36 heavy (non-hydrogen) atoms. The normalized spacial score (nSPS) is 16.1. The molecule has 8 heteroatoms. The van der Waals surface area contributed by atoms with E-state index in [1.165, 1.54) is 39.9 Å². The van der Waals surface area contributed by atoms with E-state index in [4.69, 9.17) is 9.47 Å². The van der Waals surface area contributed by atoms with E-state index < -0.39 is 24.1 Å². The van der Waals surface area contributed by atoms with Gasteiger partial charge < -0.3 is 29.2 Å². The molecule has 2 aliphatic rings. The Morgan fingerprint density at radius 1 is 0.722 bits per heavy atom. The molecule has 2 saturated carbocycles. The number of ether oxygens (including phenoxy) is 4. The highest BCUT2D eigenvalue weighted by molar-refractivity contribution is 5.75. The Kier molecular flexibility index (Phi) is 10.6. The van der Waals surface area contributed by atoms with Crippen molar-refractivity contribution in [2.24, 2.45) is 11.8 Å². The summed E-state index contributed by atoms with van der Waals surface area (Å²) in [6.45, 7) is 1.43. The molecule has 2 aromatic carbocycles. The fraction of sp³-hybridized carbons (Fsp3) is 0.500. The first-order valence-corrected chi connectivity index (χ1v) is 12.3. The van der Waals surface area contributed by atoms with E-state index in [9.17, 15) is 19.8 Å². The van der Waals surface area contributed by atoms with Crippen LogP contribution in [-0.2, 0) is 31.9 Å². The summed E-state index contributed by atoms with van der Waals surface area (Å²) in [7, 11) is 2.53. The molecule has 0 aromatic heterocycles. The average Bonchev–Trinajstić information content (AvgIpc) is 3.82. The first kappa shape index (κ1) is 27.5. The van der Waals surface area contributed by atoms with Gasteiger partial charge in [0.1, 0.15) is 11.5 Å². The summed E-state index contributed by atoms with van der Waals surface area (Å²) in [5.74, 6) is 1.59. The van der Waals surface area contributed by atoms with E-state index >= 15 is 0 Å². The largest absolute Gasteiger partial charge is 0.493 e. The Hall–Kier alpha value is -3.10. The Balaban J connectivity index is 0.000000201. The van der Waals surface area contributed by atoms with Gasteiger partial charge in [0.2, 0.25) is 0 Å². The van der Waals surface area contributed by atoms with Crippen LogP contribution in [0.15, 0.2) is 48.5 Å². The predicted molar refractivity (Wildman–Crippen MR) is 133 cm³/mol. The van der Waals surface area contributed by atoms with Crippen LogP contribution in [0.5, 0.6) is 11.5 Å². The van der Waals surface area contributed by atoms with Crippen LogP contribution in [0.3, 0.4) is 0 Å². The molecular weight excluding hydrogens is 464 g/mol. The zero-order chi connectivity index (χ0) is 25.9. The number of esters is 2. The Morgan fingerprint density at radius 2 is 1.08 bits per heavy atom. The third-order valence-corrected chi connectivity index (χ3v) is 6.06. The Labute approximate surface area is 212 Å². The van der Waals surface area contributed by atoms with Gasteiger partial charge in [-0.05, 0) is 60.8 Å². The first-order chi connectivity index (χ1) is 17.4. The summed E-state index contributed by atoms with van der Waals surface area (Å²) >= 11 is 0. The molecule has 0 radical (unpaired) electrons. The van der Waals surface area contributed by atoms with Crippen molar-refractivity contribution in [2.45, 2.75) is 50.7 Å². The smallest absolute Gasteiger partial charge is 0.335 e. The van der Waals surface area contributed by atoms with E-state index in [-0.39, 0.29) is 12.8 Å². The molecule has 2 aromatic rings. The number of benzene rings is 2. The van der Waals surface area contributed by atoms with Gasteiger partial charge in [-0.25, -0.2) is 9.59 Å². The van der Waals surface area contributed by atoms with Crippen molar-refractivity contribution < 1.29 is 38.7 Å². The SMILES string of the molecule is COC(=O)[C@@H](O)Cc1ccccc1OCC1CC1.COC(=O)[C@H](O)Cc1ccccc1OCC1CC1. The van der Waals surface area contributed by atoms with Gasteiger partial charge in [-0.15, -0.1) is 0 Å². The number of aliphatic hydroxyl groups excluding tert-OH is 2. The van der Waals surface area contributed by atoms with Gasteiger partial charge in [0.25, 0.3) is 0 Å². The van der Waals surface area contributed by atoms with Crippen LogP contribution in [0.2, 0.25) is 0 Å². The molecule has 196 valence electrons. The number of hydrogen-bond acceptors (Lipinski definition) is 8. The van der Waals surface area contributed by atoms with Crippen molar-refractivity contribution in [1.82, 2.24) is 0 Å². The number of carbonyl (C=O) groups is 2. The molecule has 0 unspecified atom stereocenters. The number of para-hydroxylation sites is 2. The summed E-state index contributed by atoms with van der Waals surface area (Å²) in [5, 5.41) is 19.3. The highest BCUT2D eigenvalue weighted by atomic mass is 16.5. The molecule has 0 spiro atoms. The van der Waals surface area contributed by atoms with Crippen LogP contribution in [0, 0.1) is 11.8 Å². The van der Waals surface area contributed by atoms with Crippen LogP contribution >= 0.6 is 0 Å². The van der Waals surface area contributed by atoms with Gasteiger partial charge in [0.05, 0.1) is 27.4 Å². The molecule has 0 aliphatic heterocycles. The lowest BCUT2D eigenvalue weighted by Crippen LogP contribution is -2.24. The van der Waals surface area contributed by atoms with Crippen molar-refractivity contribution in [3.63, 3.8) is 0 Å². The van der Waals surface area contributed by atoms with Gasteiger partial charge in [0.15, 0.2) is 12.2 Å². The standard InChI is InChI=1S/2C14H18O4/c2*1-17-14(16)12(15)8-11-4-2-3-5-13(11)18-9-10-6-7-10/h2*2-5,10,12,15H,6-9H2,1H3/t2*12-/m10/s1. The highest BCUT2D eigenvalue weighted by Crippen LogP contribution is 2.31. The second-order valence-corrected chi connectivity index (χ2v) is 9.21. The number of carbonyl (C=O) groups excluding carboxylic acids is 2. The van der Waals surface area contributed by atoms with Crippen molar-refractivity contribution >= 4 is 11.9 Å². The fourth-order valence-electron chi connectivity index (χ4n) is 3.47. The van der Waals surface area contributed by atoms with E-state index in [1.54, 1.807) is 0 Å². The van der Waals surface area contributed by atoms with Crippen LogP contribution in [0.4, 0.5) is 0 Å². The summed E-state index contributed by atoms with van der Waals surface area (Å²) in [5.41, 5.74) is 1.66. The lowest BCUT2D eigenvalue weighted by molar-refractivity contribution is -0.150. The molecular formula is C28H36O8. The van der Waals surface area contributed by atoms with Crippen molar-refractivity contribution in [3.05, 3.63) is 59.7 Å². The first-order valence-electron chi connectivity index (χ1n) is 12.3. The maximum absolute atomic E-state index is 11.2.